The van der Waals surface area contributed by atoms with Gasteiger partial charge in [-0.15, -0.1) is 0 Å². The molecule has 0 radical (unpaired) electrons. The average Bonchev–Trinajstić information content (AvgIpc) is 3.55. The number of hydrogen-bond donors (Lipinski definition) is 1. The summed E-state index contributed by atoms with van der Waals surface area (Å²) in [7, 11) is 1.55. The number of methoxy groups -OCH3 is 1. The molecule has 0 bridgehead atoms. The van der Waals surface area contributed by atoms with Crippen LogP contribution in [0.1, 0.15) is 17.3 Å². The van der Waals surface area contributed by atoms with Gasteiger partial charge in [-0.1, -0.05) is 17.3 Å². The van der Waals surface area contributed by atoms with Crippen molar-refractivity contribution in [2.75, 3.05) is 53.1 Å². The Morgan fingerprint density at radius 1 is 1.15 bits per heavy atom. The summed E-state index contributed by atoms with van der Waals surface area (Å²) in [6.07, 6.45) is 0.236. The molecule has 0 unspecified atom stereocenters. The van der Waals surface area contributed by atoms with Gasteiger partial charge in [0.1, 0.15) is 18.0 Å². The number of amides is 1. The number of H-pyrrole nitrogens is 1. The zero-order valence-electron chi connectivity index (χ0n) is 21.9. The van der Waals surface area contributed by atoms with Gasteiger partial charge in [-0.2, -0.15) is 5.10 Å². The molecule has 0 aliphatic carbocycles. The Hall–Kier alpha value is -3.80. The summed E-state index contributed by atoms with van der Waals surface area (Å²) in [6, 6.07) is 12.4. The SMILES string of the molecule is COCCOc1cc2[nH]nc(-c3cc(-c4ccc(C(=O)N5CC(N6CCO[C@@H](C)C6)C5)cc4)no3)c2cc1F. The summed E-state index contributed by atoms with van der Waals surface area (Å²) in [5.74, 6) is 0.0322. The van der Waals surface area contributed by atoms with E-state index in [0.717, 1.165) is 38.3 Å². The van der Waals surface area contributed by atoms with E-state index in [-0.39, 0.29) is 24.4 Å². The van der Waals surface area contributed by atoms with E-state index in [1.165, 1.54) is 6.07 Å². The minimum Gasteiger partial charge on any atom is -0.488 e. The van der Waals surface area contributed by atoms with Crippen LogP contribution in [0.5, 0.6) is 5.75 Å². The van der Waals surface area contributed by atoms with Crippen LogP contribution in [0.2, 0.25) is 0 Å². The highest BCUT2D eigenvalue weighted by Crippen LogP contribution is 2.33. The number of carbonyl (C=O) groups is 1. The quantitative estimate of drug-likeness (QED) is 0.341. The van der Waals surface area contributed by atoms with Crippen molar-refractivity contribution in [3.63, 3.8) is 0 Å². The number of benzene rings is 2. The lowest BCUT2D eigenvalue weighted by atomic mass is 10.0. The minimum absolute atomic E-state index is 0.0236. The van der Waals surface area contributed by atoms with E-state index in [1.807, 2.05) is 17.0 Å². The van der Waals surface area contributed by atoms with Gasteiger partial charge in [0.25, 0.3) is 5.91 Å². The van der Waals surface area contributed by atoms with Crippen LogP contribution in [-0.4, -0.2) is 96.3 Å². The van der Waals surface area contributed by atoms with E-state index in [0.29, 0.717) is 46.3 Å². The van der Waals surface area contributed by atoms with Crippen molar-refractivity contribution in [1.29, 1.82) is 0 Å². The summed E-state index contributed by atoms with van der Waals surface area (Å²) < 4.78 is 36.2. The maximum atomic E-state index is 14.6. The normalized spacial score (nSPS) is 18.4. The smallest absolute Gasteiger partial charge is 0.253 e. The highest BCUT2D eigenvalue weighted by molar-refractivity contribution is 5.95. The first-order valence-electron chi connectivity index (χ1n) is 13.0. The highest BCUT2D eigenvalue weighted by Gasteiger charge is 2.36. The minimum atomic E-state index is -0.505. The van der Waals surface area contributed by atoms with E-state index in [2.05, 4.69) is 27.2 Å². The fraction of sp³-hybridized carbons (Fsp3) is 0.393. The van der Waals surface area contributed by atoms with Crippen molar-refractivity contribution in [2.24, 2.45) is 0 Å². The number of ether oxygens (including phenoxy) is 3. The Kier molecular flexibility index (Phi) is 7.03. The Morgan fingerprint density at radius 2 is 1.97 bits per heavy atom. The van der Waals surface area contributed by atoms with Crippen LogP contribution in [0.15, 0.2) is 47.0 Å². The first-order chi connectivity index (χ1) is 19.0. The van der Waals surface area contributed by atoms with Crippen molar-refractivity contribution in [3.8, 4) is 28.5 Å². The molecule has 2 saturated heterocycles. The fourth-order valence-corrected chi connectivity index (χ4v) is 5.07. The fourth-order valence-electron chi connectivity index (χ4n) is 5.07. The lowest BCUT2D eigenvalue weighted by Crippen LogP contribution is -2.63. The largest absolute Gasteiger partial charge is 0.488 e. The van der Waals surface area contributed by atoms with Crippen molar-refractivity contribution in [3.05, 3.63) is 53.8 Å². The predicted molar refractivity (Wildman–Crippen MR) is 141 cm³/mol. The molecule has 0 spiro atoms. The Labute approximate surface area is 224 Å². The summed E-state index contributed by atoms with van der Waals surface area (Å²) in [4.78, 5) is 17.3. The van der Waals surface area contributed by atoms with Gasteiger partial charge in [0.05, 0.1) is 24.8 Å². The van der Waals surface area contributed by atoms with E-state index >= 15 is 0 Å². The molecule has 4 aromatic rings. The van der Waals surface area contributed by atoms with Crippen molar-refractivity contribution in [1.82, 2.24) is 25.2 Å². The molecule has 2 aliphatic heterocycles. The molecule has 1 atom stereocenters. The van der Waals surface area contributed by atoms with Crippen LogP contribution in [0, 0.1) is 5.82 Å². The molecule has 2 aromatic heterocycles. The van der Waals surface area contributed by atoms with Crippen LogP contribution < -0.4 is 4.74 Å². The van der Waals surface area contributed by atoms with Gasteiger partial charge in [0.15, 0.2) is 17.3 Å². The number of nitrogens with one attached hydrogen (secondary N) is 1. The monoisotopic (exact) mass is 535 g/mol. The Balaban J connectivity index is 1.12. The molecule has 2 aromatic carbocycles. The van der Waals surface area contributed by atoms with Crippen molar-refractivity contribution in [2.45, 2.75) is 19.1 Å². The topological polar surface area (TPSA) is 106 Å². The van der Waals surface area contributed by atoms with Gasteiger partial charge in [-0.05, 0) is 25.1 Å². The molecule has 2 fully saturated rings. The van der Waals surface area contributed by atoms with E-state index in [4.69, 9.17) is 18.7 Å². The third-order valence-corrected chi connectivity index (χ3v) is 7.27. The number of rotatable bonds is 8. The molecule has 1 N–H and O–H groups in total. The first kappa shape index (κ1) is 25.5. The van der Waals surface area contributed by atoms with Gasteiger partial charge < -0.3 is 23.6 Å². The third kappa shape index (κ3) is 5.12. The molecule has 4 heterocycles. The van der Waals surface area contributed by atoms with Gasteiger partial charge in [-0.3, -0.25) is 14.8 Å². The van der Waals surface area contributed by atoms with Gasteiger partial charge in [0.2, 0.25) is 0 Å². The second-order valence-electron chi connectivity index (χ2n) is 9.94. The molecule has 11 heteroatoms. The van der Waals surface area contributed by atoms with E-state index < -0.39 is 5.82 Å². The number of nitrogens with zero attached hydrogens (tertiary/aromatic N) is 4. The Morgan fingerprint density at radius 3 is 2.74 bits per heavy atom. The molecule has 0 saturated carbocycles. The highest BCUT2D eigenvalue weighted by atomic mass is 19.1. The molecule has 6 rings (SSSR count). The van der Waals surface area contributed by atoms with Crippen LogP contribution in [0.4, 0.5) is 4.39 Å². The molecular formula is C28H30FN5O5. The van der Waals surface area contributed by atoms with Crippen molar-refractivity contribution < 1.29 is 27.9 Å². The summed E-state index contributed by atoms with van der Waals surface area (Å²) in [5.41, 5.74) is 3.07. The van der Waals surface area contributed by atoms with Crippen LogP contribution >= 0.6 is 0 Å². The molecular weight excluding hydrogens is 505 g/mol. The van der Waals surface area contributed by atoms with Gasteiger partial charge >= 0.3 is 0 Å². The average molecular weight is 536 g/mol. The van der Waals surface area contributed by atoms with E-state index in [9.17, 15) is 9.18 Å². The lowest BCUT2D eigenvalue weighted by Gasteiger charge is -2.47. The molecule has 1 amide bonds. The maximum Gasteiger partial charge on any atom is 0.253 e. The lowest BCUT2D eigenvalue weighted by molar-refractivity contribution is -0.0596. The number of aromatic amines is 1. The number of hydrogen-bond acceptors (Lipinski definition) is 8. The molecule has 2 aliphatic rings. The zero-order chi connectivity index (χ0) is 26.9. The standard InChI is InChI=1S/C28H30FN5O5/c1-17-14-33(7-8-37-17)20-15-34(16-20)28(35)19-5-3-18(4-6-19)23-12-26(39-32-23)27-21-11-22(29)25(38-10-9-36-2)13-24(21)30-31-27/h3-6,11-13,17,20H,7-10,14-16H2,1-2H3,(H,30,31)/t17-/m0/s1. The summed E-state index contributed by atoms with van der Waals surface area (Å²) in [6.45, 7) is 6.72. The number of likely N-dealkylation sites (tertiary alicyclic amines) is 1. The first-order valence-corrected chi connectivity index (χ1v) is 13.0. The Bertz CT molecular complexity index is 1460. The van der Waals surface area contributed by atoms with Gasteiger partial charge in [0, 0.05) is 68.0 Å². The van der Waals surface area contributed by atoms with Crippen LogP contribution in [0.3, 0.4) is 0 Å². The molecule has 10 nitrogen and oxygen atoms in total. The second kappa shape index (κ2) is 10.8. The van der Waals surface area contributed by atoms with E-state index in [1.54, 1.807) is 31.4 Å². The summed E-state index contributed by atoms with van der Waals surface area (Å²) in [5, 5.41) is 11.9. The predicted octanol–water partition coefficient (Wildman–Crippen LogP) is 3.59. The number of aromatic nitrogens is 3. The second-order valence-corrected chi connectivity index (χ2v) is 9.94. The molecule has 204 valence electrons. The van der Waals surface area contributed by atoms with Crippen LogP contribution in [-0.2, 0) is 9.47 Å². The van der Waals surface area contributed by atoms with Crippen LogP contribution in [0.25, 0.3) is 33.6 Å². The third-order valence-electron chi connectivity index (χ3n) is 7.27. The number of morpholine rings is 1. The number of carbonyl (C=O) groups excluding carboxylic acids is 1. The molecule has 39 heavy (non-hydrogen) atoms. The van der Waals surface area contributed by atoms with Crippen molar-refractivity contribution >= 4 is 16.8 Å². The maximum absolute atomic E-state index is 14.6. The zero-order valence-corrected chi connectivity index (χ0v) is 21.9. The number of fused-ring (bicyclic) bond motifs is 1. The number of halogens is 1. The summed E-state index contributed by atoms with van der Waals surface area (Å²) >= 11 is 0. The van der Waals surface area contributed by atoms with Gasteiger partial charge in [-0.25, -0.2) is 4.39 Å².